The summed E-state index contributed by atoms with van der Waals surface area (Å²) in [5.74, 6) is 2.79. The fraction of sp³-hybridized carbons (Fsp3) is 0.514. The van der Waals surface area contributed by atoms with E-state index in [1.54, 1.807) is 38.1 Å². The first-order valence-corrected chi connectivity index (χ1v) is 20.1. The van der Waals surface area contributed by atoms with Crippen molar-refractivity contribution in [3.05, 3.63) is 58.7 Å². The Bertz CT molecular complexity index is 1690. The molecule has 2 aromatic carbocycles. The van der Waals surface area contributed by atoms with E-state index in [0.717, 1.165) is 59.5 Å². The van der Waals surface area contributed by atoms with Gasteiger partial charge in [-0.1, -0.05) is 47.7 Å². The maximum absolute atomic E-state index is 13.0. The molecule has 0 unspecified atom stereocenters. The third-order valence-corrected chi connectivity index (χ3v) is 12.8. The first-order valence-electron chi connectivity index (χ1n) is 16.8. The van der Waals surface area contributed by atoms with Gasteiger partial charge in [0.05, 0.1) is 33.8 Å². The van der Waals surface area contributed by atoms with Crippen LogP contribution in [-0.4, -0.2) is 82.3 Å². The number of halogens is 1. The molecule has 0 atom stereocenters. The Morgan fingerprint density at radius 1 is 1.06 bits per heavy atom. The quantitative estimate of drug-likeness (QED) is 0.177. The molecule has 3 heterocycles. The number of ether oxygens (including phenoxy) is 1. The van der Waals surface area contributed by atoms with Gasteiger partial charge in [-0.2, -0.15) is 4.98 Å². The van der Waals surface area contributed by atoms with Crippen molar-refractivity contribution in [2.45, 2.75) is 82.5 Å². The predicted molar refractivity (Wildman–Crippen MR) is 204 cm³/mol. The summed E-state index contributed by atoms with van der Waals surface area (Å²) in [4.78, 5) is 14.1. The minimum Gasteiger partial charge on any atom is -0.489 e. The van der Waals surface area contributed by atoms with Gasteiger partial charge in [0.1, 0.15) is 15.1 Å². The SMILES string of the molecule is Cc1cc(Nc2ncc(Cl)c(Nc3ccccc3S(=O)(=O)C(C)C)n2)c(OC(C)C)cc1C1CCN(C(=S)SCCN2CCCC2)CC1. The third kappa shape index (κ3) is 9.12. The van der Waals surface area contributed by atoms with Gasteiger partial charge in [-0.15, -0.1) is 0 Å². The summed E-state index contributed by atoms with van der Waals surface area (Å²) >= 11 is 14.1. The molecule has 5 rings (SSSR count). The summed E-state index contributed by atoms with van der Waals surface area (Å²) in [5, 5.41) is 6.14. The van der Waals surface area contributed by atoms with Gasteiger partial charge in [0, 0.05) is 25.4 Å². The van der Waals surface area contributed by atoms with E-state index in [1.165, 1.54) is 37.7 Å². The Hall–Kier alpha value is -2.64. The number of sulfone groups is 1. The lowest BCUT2D eigenvalue weighted by Gasteiger charge is -2.34. The first kappa shape index (κ1) is 36.6. The van der Waals surface area contributed by atoms with Crippen LogP contribution in [0.1, 0.15) is 70.4 Å². The number of thioether (sulfide) groups is 1. The number of aryl methyl sites for hydroxylation is 1. The van der Waals surface area contributed by atoms with Crippen LogP contribution in [0.5, 0.6) is 5.75 Å². The molecule has 0 spiro atoms. The molecule has 260 valence electrons. The van der Waals surface area contributed by atoms with Crippen LogP contribution in [0.3, 0.4) is 0 Å². The summed E-state index contributed by atoms with van der Waals surface area (Å²) < 4.78 is 33.4. The van der Waals surface area contributed by atoms with Crippen molar-refractivity contribution in [3.8, 4) is 5.75 Å². The zero-order valence-electron chi connectivity index (χ0n) is 28.5. The largest absolute Gasteiger partial charge is 0.489 e. The number of likely N-dealkylation sites (tertiary alicyclic amines) is 2. The van der Waals surface area contributed by atoms with Gasteiger partial charge in [-0.05, 0) is 115 Å². The Kier molecular flexibility index (Phi) is 12.5. The van der Waals surface area contributed by atoms with E-state index >= 15 is 0 Å². The summed E-state index contributed by atoms with van der Waals surface area (Å²) in [7, 11) is -3.54. The Labute approximate surface area is 300 Å². The molecule has 13 heteroatoms. The van der Waals surface area contributed by atoms with Gasteiger partial charge in [0.2, 0.25) is 5.95 Å². The molecule has 2 aliphatic heterocycles. The van der Waals surface area contributed by atoms with E-state index in [9.17, 15) is 8.42 Å². The fourth-order valence-corrected chi connectivity index (χ4v) is 8.82. The lowest BCUT2D eigenvalue weighted by molar-refractivity contribution is 0.243. The first-order chi connectivity index (χ1) is 22.9. The molecule has 0 bridgehead atoms. The molecule has 9 nitrogen and oxygen atoms in total. The van der Waals surface area contributed by atoms with E-state index in [1.807, 2.05) is 25.6 Å². The number of thiocarbonyl (C=S) groups is 1. The van der Waals surface area contributed by atoms with Gasteiger partial charge in [0.15, 0.2) is 15.7 Å². The van der Waals surface area contributed by atoms with E-state index in [2.05, 4.69) is 49.5 Å². The predicted octanol–water partition coefficient (Wildman–Crippen LogP) is 8.19. The Balaban J connectivity index is 1.29. The summed E-state index contributed by atoms with van der Waals surface area (Å²) in [6.45, 7) is 14.9. The minimum atomic E-state index is -3.54. The number of hydrogen-bond acceptors (Lipinski definition) is 10. The summed E-state index contributed by atoms with van der Waals surface area (Å²) in [5.41, 5.74) is 3.59. The van der Waals surface area contributed by atoms with Crippen molar-refractivity contribution in [1.29, 1.82) is 0 Å². The highest BCUT2D eigenvalue weighted by Crippen LogP contribution is 2.39. The molecule has 1 aromatic heterocycles. The maximum atomic E-state index is 13.0. The van der Waals surface area contributed by atoms with E-state index < -0.39 is 15.1 Å². The molecule has 0 amide bonds. The second-order valence-electron chi connectivity index (χ2n) is 13.0. The molecular formula is C35H47ClN6O3S3. The summed E-state index contributed by atoms with van der Waals surface area (Å²) in [6.07, 6.45) is 6.16. The van der Waals surface area contributed by atoms with Crippen LogP contribution < -0.4 is 15.4 Å². The van der Waals surface area contributed by atoms with E-state index in [0.29, 0.717) is 23.4 Å². The average Bonchev–Trinajstić information content (AvgIpc) is 3.57. The molecule has 0 saturated carbocycles. The maximum Gasteiger partial charge on any atom is 0.229 e. The zero-order chi connectivity index (χ0) is 34.4. The van der Waals surface area contributed by atoms with E-state index in [-0.39, 0.29) is 16.0 Å². The highest BCUT2D eigenvalue weighted by molar-refractivity contribution is 8.22. The highest BCUT2D eigenvalue weighted by atomic mass is 35.5. The number of benzene rings is 2. The third-order valence-electron chi connectivity index (χ3n) is 8.81. The topological polar surface area (TPSA) is 99.7 Å². The zero-order valence-corrected chi connectivity index (χ0v) is 31.7. The number of nitrogens with one attached hydrogen (secondary N) is 2. The molecule has 2 fully saturated rings. The van der Waals surface area contributed by atoms with Crippen molar-refractivity contribution >= 4 is 72.9 Å². The average molecular weight is 731 g/mol. The molecular weight excluding hydrogens is 684 g/mol. The van der Waals surface area contributed by atoms with Crippen LogP contribution in [0.15, 0.2) is 47.5 Å². The lowest BCUT2D eigenvalue weighted by atomic mass is 9.86. The highest BCUT2D eigenvalue weighted by Gasteiger charge is 2.26. The van der Waals surface area contributed by atoms with Gasteiger partial charge < -0.3 is 25.2 Å². The molecule has 2 N–H and O–H groups in total. The van der Waals surface area contributed by atoms with Crippen molar-refractivity contribution < 1.29 is 13.2 Å². The number of para-hydroxylation sites is 1. The van der Waals surface area contributed by atoms with E-state index in [4.69, 9.17) is 28.6 Å². The normalized spacial score (nSPS) is 16.1. The van der Waals surface area contributed by atoms with Crippen molar-refractivity contribution in [2.24, 2.45) is 0 Å². The molecule has 2 aliphatic rings. The van der Waals surface area contributed by atoms with Crippen LogP contribution in [0.2, 0.25) is 5.02 Å². The van der Waals surface area contributed by atoms with Gasteiger partial charge in [-0.25, -0.2) is 13.4 Å². The van der Waals surface area contributed by atoms with Gasteiger partial charge >= 0.3 is 0 Å². The van der Waals surface area contributed by atoms with Crippen LogP contribution in [-0.2, 0) is 9.84 Å². The van der Waals surface area contributed by atoms with Crippen LogP contribution in [0.25, 0.3) is 0 Å². The number of nitrogens with zero attached hydrogens (tertiary/aromatic N) is 4. The van der Waals surface area contributed by atoms with Gasteiger partial charge in [-0.3, -0.25) is 0 Å². The summed E-state index contributed by atoms with van der Waals surface area (Å²) in [6, 6.07) is 11.0. The molecule has 48 heavy (non-hydrogen) atoms. The van der Waals surface area contributed by atoms with Crippen molar-refractivity contribution in [2.75, 3.05) is 49.1 Å². The Morgan fingerprint density at radius 3 is 2.46 bits per heavy atom. The van der Waals surface area contributed by atoms with Crippen molar-refractivity contribution in [3.63, 3.8) is 0 Å². The monoisotopic (exact) mass is 730 g/mol. The fourth-order valence-electron chi connectivity index (χ4n) is 6.16. The molecule has 2 saturated heterocycles. The van der Waals surface area contributed by atoms with Gasteiger partial charge in [0.25, 0.3) is 0 Å². The number of aromatic nitrogens is 2. The van der Waals surface area contributed by atoms with Crippen LogP contribution in [0.4, 0.5) is 23.1 Å². The van der Waals surface area contributed by atoms with Crippen LogP contribution in [0, 0.1) is 6.92 Å². The second-order valence-corrected chi connectivity index (χ2v) is 17.6. The molecule has 0 radical (unpaired) electrons. The minimum absolute atomic E-state index is 0.0410. The molecule has 3 aromatic rings. The number of rotatable bonds is 12. The molecule has 0 aliphatic carbocycles. The number of hydrogen-bond donors (Lipinski definition) is 2. The number of piperidine rings is 1. The number of anilines is 4. The lowest BCUT2D eigenvalue weighted by Crippen LogP contribution is -2.36. The van der Waals surface area contributed by atoms with Crippen molar-refractivity contribution in [1.82, 2.24) is 19.8 Å². The second kappa shape index (κ2) is 16.4. The smallest absolute Gasteiger partial charge is 0.229 e. The standard InChI is InChI=1S/C35H47ClN6O3S3/c1-23(2)45-31-21-27(26-12-16-42(17-13-26)35(46)47-19-18-41-14-8-9-15-41)25(5)20-30(31)39-34-37-22-28(36)33(40-34)38-29-10-6-7-11-32(29)48(43,44)24(3)4/h6-7,10-11,20-24,26H,8-9,12-19H2,1-5H3,(H2,37,38,39,40). The Morgan fingerprint density at radius 2 is 1.77 bits per heavy atom. The van der Waals surface area contributed by atoms with Crippen LogP contribution >= 0.6 is 35.6 Å².